The molecular weight excluding hydrogens is 204 g/mol. The molecule has 0 aromatic heterocycles. The Balaban J connectivity index is 1.78. The van der Waals surface area contributed by atoms with E-state index in [1.807, 2.05) is 0 Å². The Hall–Kier alpha value is -0.610. The Morgan fingerprint density at radius 2 is 2.25 bits per heavy atom. The molecule has 4 heteroatoms. The predicted molar refractivity (Wildman–Crippen MR) is 62.0 cm³/mol. The van der Waals surface area contributed by atoms with Gasteiger partial charge < -0.3 is 10.4 Å². The zero-order chi connectivity index (χ0) is 11.4. The van der Waals surface area contributed by atoms with Crippen LogP contribution >= 0.6 is 0 Å². The fourth-order valence-corrected chi connectivity index (χ4v) is 2.92. The number of aliphatic hydroxyl groups excluding tert-OH is 1. The molecule has 2 fully saturated rings. The van der Waals surface area contributed by atoms with Crippen LogP contribution in [-0.4, -0.2) is 48.2 Å². The van der Waals surface area contributed by atoms with E-state index in [4.69, 9.17) is 5.11 Å². The van der Waals surface area contributed by atoms with Crippen molar-refractivity contribution >= 4 is 5.91 Å². The van der Waals surface area contributed by atoms with Gasteiger partial charge in [-0.15, -0.1) is 0 Å². The van der Waals surface area contributed by atoms with E-state index in [0.717, 1.165) is 51.7 Å². The minimum absolute atomic E-state index is 0.242. The lowest BCUT2D eigenvalue weighted by molar-refractivity contribution is -0.124. The third-order valence-corrected chi connectivity index (χ3v) is 3.82. The molecule has 92 valence electrons. The summed E-state index contributed by atoms with van der Waals surface area (Å²) >= 11 is 0. The molecular formula is C12H22N2O2. The number of amides is 1. The minimum atomic E-state index is 0.242. The highest BCUT2D eigenvalue weighted by Gasteiger charge is 2.40. The number of unbranched alkanes of at least 4 members (excludes halogenated alkanes) is 2. The zero-order valence-electron chi connectivity index (χ0n) is 9.82. The molecule has 1 amide bonds. The van der Waals surface area contributed by atoms with Gasteiger partial charge in [-0.2, -0.15) is 0 Å². The normalized spacial score (nSPS) is 30.2. The summed E-state index contributed by atoms with van der Waals surface area (Å²) in [4.78, 5) is 14.0. The number of carbonyl (C=O) groups is 1. The fraction of sp³-hybridized carbons (Fsp3) is 0.917. The van der Waals surface area contributed by atoms with Crippen molar-refractivity contribution in [3.8, 4) is 0 Å². The number of likely N-dealkylation sites (tertiary alicyclic amines) is 1. The molecule has 2 atom stereocenters. The van der Waals surface area contributed by atoms with Crippen molar-refractivity contribution in [3.63, 3.8) is 0 Å². The Kier molecular flexibility index (Phi) is 4.18. The largest absolute Gasteiger partial charge is 0.396 e. The average molecular weight is 226 g/mol. The van der Waals surface area contributed by atoms with Crippen LogP contribution in [0, 0.1) is 5.92 Å². The van der Waals surface area contributed by atoms with Crippen LogP contribution in [0.3, 0.4) is 0 Å². The summed E-state index contributed by atoms with van der Waals surface area (Å²) < 4.78 is 0. The van der Waals surface area contributed by atoms with E-state index >= 15 is 0 Å². The number of fused-ring (bicyclic) bond motifs is 1. The fourth-order valence-electron chi connectivity index (χ4n) is 2.92. The number of aliphatic hydroxyl groups is 1. The van der Waals surface area contributed by atoms with Gasteiger partial charge in [-0.3, -0.25) is 9.69 Å². The van der Waals surface area contributed by atoms with Crippen molar-refractivity contribution in [2.24, 2.45) is 5.92 Å². The van der Waals surface area contributed by atoms with Crippen LogP contribution in [0.5, 0.6) is 0 Å². The highest BCUT2D eigenvalue weighted by atomic mass is 16.2. The van der Waals surface area contributed by atoms with Crippen molar-refractivity contribution in [2.75, 3.05) is 26.2 Å². The van der Waals surface area contributed by atoms with Crippen LogP contribution in [0.15, 0.2) is 0 Å². The van der Waals surface area contributed by atoms with E-state index in [9.17, 15) is 4.79 Å². The number of nitrogens with zero attached hydrogens (tertiary/aromatic N) is 1. The maximum absolute atomic E-state index is 11.6. The number of nitrogens with one attached hydrogen (secondary N) is 1. The lowest BCUT2D eigenvalue weighted by Crippen LogP contribution is -2.45. The highest BCUT2D eigenvalue weighted by molar-refractivity contribution is 5.82. The van der Waals surface area contributed by atoms with Crippen LogP contribution < -0.4 is 5.32 Å². The SMILES string of the molecule is O=C1NCC2C1CCCN2CCCCCO. The molecule has 0 bridgehead atoms. The molecule has 2 aliphatic heterocycles. The van der Waals surface area contributed by atoms with Gasteiger partial charge in [0.05, 0.1) is 5.92 Å². The average Bonchev–Trinajstić information content (AvgIpc) is 2.68. The molecule has 2 heterocycles. The van der Waals surface area contributed by atoms with Gasteiger partial charge in [-0.25, -0.2) is 0 Å². The van der Waals surface area contributed by atoms with Crippen molar-refractivity contribution in [3.05, 3.63) is 0 Å². The molecule has 0 radical (unpaired) electrons. The van der Waals surface area contributed by atoms with Gasteiger partial charge in [-0.1, -0.05) is 0 Å². The summed E-state index contributed by atoms with van der Waals surface area (Å²) in [7, 11) is 0. The van der Waals surface area contributed by atoms with Crippen molar-refractivity contribution in [1.29, 1.82) is 0 Å². The molecule has 0 spiro atoms. The summed E-state index contributed by atoms with van der Waals surface area (Å²) in [5, 5.41) is 11.7. The van der Waals surface area contributed by atoms with Gasteiger partial charge in [0.1, 0.15) is 0 Å². The minimum Gasteiger partial charge on any atom is -0.396 e. The molecule has 0 aliphatic carbocycles. The molecule has 2 saturated heterocycles. The molecule has 2 rings (SSSR count). The van der Waals surface area contributed by atoms with Gasteiger partial charge in [0.2, 0.25) is 5.91 Å². The van der Waals surface area contributed by atoms with Gasteiger partial charge in [0.15, 0.2) is 0 Å². The van der Waals surface area contributed by atoms with E-state index in [2.05, 4.69) is 10.2 Å². The van der Waals surface area contributed by atoms with Crippen LogP contribution in [0.4, 0.5) is 0 Å². The van der Waals surface area contributed by atoms with E-state index in [0.29, 0.717) is 12.6 Å². The summed E-state index contributed by atoms with van der Waals surface area (Å²) in [6.45, 7) is 3.35. The first kappa shape index (κ1) is 11.9. The predicted octanol–water partition coefficient (Wildman–Crippen LogP) is 0.359. The topological polar surface area (TPSA) is 52.6 Å². The van der Waals surface area contributed by atoms with Crippen LogP contribution in [0.1, 0.15) is 32.1 Å². The third-order valence-electron chi connectivity index (χ3n) is 3.82. The molecule has 2 aliphatic rings. The first-order valence-corrected chi connectivity index (χ1v) is 6.45. The van der Waals surface area contributed by atoms with Crippen LogP contribution in [0.25, 0.3) is 0 Å². The maximum atomic E-state index is 11.6. The third kappa shape index (κ3) is 2.55. The summed E-state index contributed by atoms with van der Waals surface area (Å²) in [5.41, 5.74) is 0. The molecule has 0 aromatic rings. The Bertz CT molecular complexity index is 245. The van der Waals surface area contributed by atoms with Gasteiger partial charge in [-0.05, 0) is 45.2 Å². The van der Waals surface area contributed by atoms with Crippen molar-refractivity contribution in [2.45, 2.75) is 38.1 Å². The Morgan fingerprint density at radius 1 is 1.38 bits per heavy atom. The van der Waals surface area contributed by atoms with Crippen LogP contribution in [-0.2, 0) is 4.79 Å². The highest BCUT2D eigenvalue weighted by Crippen LogP contribution is 2.27. The quantitative estimate of drug-likeness (QED) is 0.666. The summed E-state index contributed by atoms with van der Waals surface area (Å²) in [5.74, 6) is 0.497. The first-order chi connectivity index (χ1) is 7.83. The molecule has 0 saturated carbocycles. The second-order valence-electron chi connectivity index (χ2n) is 4.88. The first-order valence-electron chi connectivity index (χ1n) is 6.45. The molecule has 0 aromatic carbocycles. The number of carbonyl (C=O) groups excluding carboxylic acids is 1. The second kappa shape index (κ2) is 5.64. The summed E-state index contributed by atoms with van der Waals surface area (Å²) in [6.07, 6.45) is 5.33. The Morgan fingerprint density at radius 3 is 3.06 bits per heavy atom. The maximum Gasteiger partial charge on any atom is 0.224 e. The van der Waals surface area contributed by atoms with Gasteiger partial charge >= 0.3 is 0 Å². The van der Waals surface area contributed by atoms with Crippen molar-refractivity contribution in [1.82, 2.24) is 10.2 Å². The van der Waals surface area contributed by atoms with Crippen molar-refractivity contribution < 1.29 is 9.90 Å². The lowest BCUT2D eigenvalue weighted by atomic mass is 9.91. The smallest absolute Gasteiger partial charge is 0.224 e. The van der Waals surface area contributed by atoms with Gasteiger partial charge in [0, 0.05) is 19.2 Å². The Labute approximate surface area is 97.0 Å². The molecule has 16 heavy (non-hydrogen) atoms. The molecule has 2 N–H and O–H groups in total. The monoisotopic (exact) mass is 226 g/mol. The van der Waals surface area contributed by atoms with E-state index < -0.39 is 0 Å². The van der Waals surface area contributed by atoms with Crippen LogP contribution in [0.2, 0.25) is 0 Å². The standard InChI is InChI=1S/C12H22N2O2/c15-8-3-1-2-6-14-7-4-5-10-11(14)9-13-12(10)16/h10-11,15H,1-9H2,(H,13,16). The zero-order valence-corrected chi connectivity index (χ0v) is 9.82. The lowest BCUT2D eigenvalue weighted by Gasteiger charge is -2.35. The number of piperidine rings is 1. The number of hydrogen-bond donors (Lipinski definition) is 2. The molecule has 4 nitrogen and oxygen atoms in total. The van der Waals surface area contributed by atoms with E-state index in [1.54, 1.807) is 0 Å². The number of hydrogen-bond acceptors (Lipinski definition) is 3. The number of rotatable bonds is 5. The second-order valence-corrected chi connectivity index (χ2v) is 4.88. The van der Waals surface area contributed by atoms with E-state index in [-0.39, 0.29) is 11.8 Å². The summed E-state index contributed by atoms with van der Waals surface area (Å²) in [6, 6.07) is 0.440. The van der Waals surface area contributed by atoms with Gasteiger partial charge in [0.25, 0.3) is 0 Å². The molecule has 2 unspecified atom stereocenters. The van der Waals surface area contributed by atoms with E-state index in [1.165, 1.54) is 0 Å².